The van der Waals surface area contributed by atoms with Gasteiger partial charge >= 0.3 is 30.3 Å². The standard InChI is InChI=1S/C23H22F6N2O6/c1-4-37-17(32)20(22(24,25)26,14-8-6-5-7-9-14)31-19(34)30-16-11-10-15(12-13(16)2)21(35,18(33)36-3)23(27,28)29/h5-12,35H,4H2,1-3H3,(H2,30,31,34). The Labute approximate surface area is 206 Å². The molecule has 0 bridgehead atoms. The molecular formula is C23H22F6N2O6. The van der Waals surface area contributed by atoms with Gasteiger partial charge in [-0.3, -0.25) is 0 Å². The summed E-state index contributed by atoms with van der Waals surface area (Å²) in [6, 6.07) is 6.31. The van der Waals surface area contributed by atoms with Gasteiger partial charge in [-0.1, -0.05) is 42.5 Å². The summed E-state index contributed by atoms with van der Waals surface area (Å²) >= 11 is 0. The van der Waals surface area contributed by atoms with Gasteiger partial charge in [0, 0.05) is 11.3 Å². The first-order chi connectivity index (χ1) is 17.1. The van der Waals surface area contributed by atoms with Gasteiger partial charge in [0.1, 0.15) is 0 Å². The second-order valence-electron chi connectivity index (χ2n) is 7.64. The maximum atomic E-state index is 14.3. The molecule has 0 aliphatic rings. The van der Waals surface area contributed by atoms with Gasteiger partial charge in [0.15, 0.2) is 0 Å². The summed E-state index contributed by atoms with van der Waals surface area (Å²) in [5, 5.41) is 13.7. The quantitative estimate of drug-likeness (QED) is 0.364. The fourth-order valence-corrected chi connectivity index (χ4v) is 3.42. The molecule has 0 radical (unpaired) electrons. The molecule has 0 heterocycles. The van der Waals surface area contributed by atoms with Crippen LogP contribution in [0.15, 0.2) is 48.5 Å². The van der Waals surface area contributed by atoms with Crippen molar-refractivity contribution in [2.24, 2.45) is 0 Å². The Morgan fingerprint density at radius 1 is 0.892 bits per heavy atom. The molecule has 0 spiro atoms. The van der Waals surface area contributed by atoms with Crippen LogP contribution in [-0.2, 0) is 30.2 Å². The molecule has 2 atom stereocenters. The molecule has 14 heteroatoms. The number of halogens is 6. The van der Waals surface area contributed by atoms with Crippen LogP contribution in [0.2, 0.25) is 0 Å². The van der Waals surface area contributed by atoms with E-state index >= 15 is 0 Å². The van der Waals surface area contributed by atoms with Crippen molar-refractivity contribution in [3.63, 3.8) is 0 Å². The van der Waals surface area contributed by atoms with Gasteiger partial charge in [-0.15, -0.1) is 0 Å². The molecule has 37 heavy (non-hydrogen) atoms. The number of hydrogen-bond acceptors (Lipinski definition) is 6. The first-order valence-electron chi connectivity index (χ1n) is 10.4. The van der Waals surface area contributed by atoms with Gasteiger partial charge < -0.3 is 25.2 Å². The number of anilines is 1. The minimum atomic E-state index is -5.49. The van der Waals surface area contributed by atoms with E-state index in [1.54, 1.807) is 5.32 Å². The number of aliphatic hydroxyl groups is 1. The number of urea groups is 1. The highest BCUT2D eigenvalue weighted by Crippen LogP contribution is 2.42. The average molecular weight is 536 g/mol. The maximum absolute atomic E-state index is 14.3. The highest BCUT2D eigenvalue weighted by Gasteiger charge is 2.64. The van der Waals surface area contributed by atoms with Crippen molar-refractivity contribution >= 4 is 23.7 Å². The summed E-state index contributed by atoms with van der Waals surface area (Å²) in [6.07, 6.45) is -10.9. The summed E-state index contributed by atoms with van der Waals surface area (Å²) in [6.45, 7) is 1.99. The smallest absolute Gasteiger partial charge is 0.432 e. The lowest BCUT2D eigenvalue weighted by atomic mass is 9.89. The molecule has 0 saturated heterocycles. The lowest BCUT2D eigenvalue weighted by Crippen LogP contribution is -2.62. The molecule has 2 amide bonds. The van der Waals surface area contributed by atoms with Crippen LogP contribution < -0.4 is 10.6 Å². The molecule has 0 aliphatic heterocycles. The highest BCUT2D eigenvalue weighted by molar-refractivity contribution is 5.96. The molecule has 0 aromatic heterocycles. The van der Waals surface area contributed by atoms with Crippen LogP contribution in [0.5, 0.6) is 0 Å². The van der Waals surface area contributed by atoms with Crippen LogP contribution in [0.4, 0.5) is 36.8 Å². The molecule has 2 aromatic rings. The molecule has 2 unspecified atom stereocenters. The molecule has 2 aromatic carbocycles. The number of carbonyl (C=O) groups is 3. The van der Waals surface area contributed by atoms with E-state index in [1.165, 1.54) is 25.1 Å². The highest BCUT2D eigenvalue weighted by atomic mass is 19.4. The summed E-state index contributed by atoms with van der Waals surface area (Å²) in [4.78, 5) is 37.0. The Bertz CT molecular complexity index is 1150. The van der Waals surface area contributed by atoms with Crippen LogP contribution in [0.1, 0.15) is 23.6 Å². The predicted molar refractivity (Wildman–Crippen MR) is 116 cm³/mol. The van der Waals surface area contributed by atoms with Crippen molar-refractivity contribution in [2.75, 3.05) is 19.0 Å². The largest absolute Gasteiger partial charge is 0.466 e. The Morgan fingerprint density at radius 2 is 1.49 bits per heavy atom. The maximum Gasteiger partial charge on any atom is 0.432 e. The van der Waals surface area contributed by atoms with E-state index in [4.69, 9.17) is 0 Å². The normalized spacial score (nSPS) is 15.1. The van der Waals surface area contributed by atoms with Gasteiger partial charge in [0.25, 0.3) is 11.1 Å². The number of benzene rings is 2. The first kappa shape index (κ1) is 29.4. The van der Waals surface area contributed by atoms with Crippen molar-refractivity contribution in [3.8, 4) is 0 Å². The third kappa shape index (κ3) is 5.48. The molecule has 8 nitrogen and oxygen atoms in total. The molecule has 2 rings (SSSR count). The lowest BCUT2D eigenvalue weighted by molar-refractivity contribution is -0.266. The number of aryl methyl sites for hydroxylation is 1. The topological polar surface area (TPSA) is 114 Å². The zero-order valence-corrected chi connectivity index (χ0v) is 19.6. The minimum Gasteiger partial charge on any atom is -0.466 e. The van der Waals surface area contributed by atoms with E-state index in [1.807, 2.05) is 5.32 Å². The summed E-state index contributed by atoms with van der Waals surface area (Å²) in [5.74, 6) is -3.84. The predicted octanol–water partition coefficient (Wildman–Crippen LogP) is 4.06. The summed E-state index contributed by atoms with van der Waals surface area (Å²) in [7, 11) is 0.634. The third-order valence-corrected chi connectivity index (χ3v) is 5.30. The fraction of sp³-hybridized carbons (Fsp3) is 0.348. The van der Waals surface area contributed by atoms with Gasteiger partial charge in [0.05, 0.1) is 13.7 Å². The van der Waals surface area contributed by atoms with Gasteiger partial charge in [-0.05, 0) is 31.0 Å². The van der Waals surface area contributed by atoms with Gasteiger partial charge in [0.2, 0.25) is 0 Å². The second kappa shape index (κ2) is 10.7. The SMILES string of the molecule is CCOC(=O)C(NC(=O)Nc1ccc(C(O)(C(=O)OC)C(F)(F)F)cc1C)(c1ccccc1)C(F)(F)F. The van der Waals surface area contributed by atoms with Crippen molar-refractivity contribution in [2.45, 2.75) is 37.3 Å². The molecule has 0 saturated carbocycles. The monoisotopic (exact) mass is 536 g/mol. The van der Waals surface area contributed by atoms with E-state index in [0.717, 1.165) is 25.1 Å². The van der Waals surface area contributed by atoms with Crippen LogP contribution in [0, 0.1) is 6.92 Å². The van der Waals surface area contributed by atoms with Crippen molar-refractivity contribution in [3.05, 3.63) is 65.2 Å². The molecule has 0 aliphatic carbocycles. The van der Waals surface area contributed by atoms with Gasteiger partial charge in [-0.25, -0.2) is 14.4 Å². The average Bonchev–Trinajstić information content (AvgIpc) is 2.81. The zero-order valence-electron chi connectivity index (χ0n) is 19.6. The van der Waals surface area contributed by atoms with E-state index in [9.17, 15) is 45.8 Å². The molecule has 3 N–H and O–H groups in total. The number of methoxy groups -OCH3 is 1. The Kier molecular flexibility index (Phi) is 8.48. The molecule has 202 valence electrons. The Balaban J connectivity index is 2.48. The molecule has 0 fully saturated rings. The number of alkyl halides is 6. The number of amides is 2. The fourth-order valence-electron chi connectivity index (χ4n) is 3.42. The van der Waals surface area contributed by atoms with E-state index in [0.29, 0.717) is 19.2 Å². The second-order valence-corrected chi connectivity index (χ2v) is 7.64. The Morgan fingerprint density at radius 3 is 1.95 bits per heavy atom. The van der Waals surface area contributed by atoms with Gasteiger partial charge in [-0.2, -0.15) is 26.3 Å². The van der Waals surface area contributed by atoms with E-state index < -0.39 is 59.2 Å². The van der Waals surface area contributed by atoms with Crippen molar-refractivity contribution in [1.82, 2.24) is 5.32 Å². The van der Waals surface area contributed by atoms with Crippen LogP contribution in [0.25, 0.3) is 0 Å². The number of rotatable bonds is 7. The Hall–Kier alpha value is -3.81. The zero-order chi connectivity index (χ0) is 28.2. The number of ether oxygens (including phenoxy) is 2. The van der Waals surface area contributed by atoms with Crippen LogP contribution in [-0.4, -0.2) is 49.1 Å². The van der Waals surface area contributed by atoms with Crippen molar-refractivity contribution in [1.29, 1.82) is 0 Å². The van der Waals surface area contributed by atoms with Crippen LogP contribution >= 0.6 is 0 Å². The number of nitrogens with one attached hydrogen (secondary N) is 2. The third-order valence-electron chi connectivity index (χ3n) is 5.30. The molecular weight excluding hydrogens is 514 g/mol. The minimum absolute atomic E-state index is 0.173. The van der Waals surface area contributed by atoms with E-state index in [-0.39, 0.29) is 11.3 Å². The van der Waals surface area contributed by atoms with E-state index in [2.05, 4.69) is 9.47 Å². The van der Waals surface area contributed by atoms with Crippen molar-refractivity contribution < 1.29 is 55.3 Å². The number of carbonyl (C=O) groups excluding carboxylic acids is 3. The first-order valence-corrected chi connectivity index (χ1v) is 10.4. The summed E-state index contributed by atoms with van der Waals surface area (Å²) in [5.41, 5.74) is -9.75. The summed E-state index contributed by atoms with van der Waals surface area (Å²) < 4.78 is 92.0. The van der Waals surface area contributed by atoms with Crippen LogP contribution in [0.3, 0.4) is 0 Å². The number of esters is 2. The number of hydrogen-bond donors (Lipinski definition) is 3. The lowest BCUT2D eigenvalue weighted by Gasteiger charge is -2.34.